The lowest BCUT2D eigenvalue weighted by Gasteiger charge is -2.24. The highest BCUT2D eigenvalue weighted by Crippen LogP contribution is 2.35. The van der Waals surface area contributed by atoms with Gasteiger partial charge >= 0.3 is 5.97 Å². The van der Waals surface area contributed by atoms with E-state index in [1.165, 1.54) is 16.9 Å². The second-order valence-corrected chi connectivity index (χ2v) is 12.1. The first-order chi connectivity index (χ1) is 19.7. The molecular weight excluding hydrogens is 624 g/mol. The van der Waals surface area contributed by atoms with Crippen molar-refractivity contribution in [3.63, 3.8) is 0 Å². The number of hydrogen-bond acceptors (Lipinski definition) is 6. The maximum atomic E-state index is 13.9. The predicted molar refractivity (Wildman–Crippen MR) is 166 cm³/mol. The van der Waals surface area contributed by atoms with E-state index >= 15 is 0 Å². The van der Waals surface area contributed by atoms with Crippen molar-refractivity contribution in [1.29, 1.82) is 0 Å². The summed E-state index contributed by atoms with van der Waals surface area (Å²) in [6.07, 6.45) is 1.78. The molecular formula is C32H28BrClN2O4S. The zero-order valence-electron chi connectivity index (χ0n) is 23.0. The Kier molecular flexibility index (Phi) is 8.63. The van der Waals surface area contributed by atoms with Gasteiger partial charge in [0.15, 0.2) is 10.6 Å². The lowest BCUT2D eigenvalue weighted by Crippen LogP contribution is -2.39. The zero-order chi connectivity index (χ0) is 29.3. The van der Waals surface area contributed by atoms with Crippen LogP contribution in [-0.4, -0.2) is 17.1 Å². The number of aromatic nitrogens is 1. The molecule has 0 saturated carbocycles. The van der Waals surface area contributed by atoms with Crippen LogP contribution in [0.4, 0.5) is 0 Å². The normalized spacial score (nSPS) is 15.0. The number of thiazole rings is 1. The Morgan fingerprint density at radius 2 is 1.73 bits per heavy atom. The molecule has 2 heterocycles. The molecule has 0 aliphatic carbocycles. The fourth-order valence-corrected chi connectivity index (χ4v) is 6.68. The third-order valence-electron chi connectivity index (χ3n) is 6.73. The van der Waals surface area contributed by atoms with Crippen LogP contribution >= 0.6 is 38.9 Å². The maximum absolute atomic E-state index is 13.9. The molecule has 6 nitrogen and oxygen atoms in total. The number of allylic oxidation sites excluding steroid dienone is 1. The summed E-state index contributed by atoms with van der Waals surface area (Å²) < 4.78 is 14.1. The van der Waals surface area contributed by atoms with Gasteiger partial charge in [-0.05, 0) is 78.5 Å². The van der Waals surface area contributed by atoms with Crippen molar-refractivity contribution in [1.82, 2.24) is 4.57 Å². The molecule has 0 N–H and O–H groups in total. The van der Waals surface area contributed by atoms with Crippen LogP contribution in [0, 0.1) is 13.8 Å². The number of hydrogen-bond donors (Lipinski definition) is 0. The topological polar surface area (TPSA) is 69.9 Å². The van der Waals surface area contributed by atoms with Crippen LogP contribution in [0.5, 0.6) is 5.75 Å². The van der Waals surface area contributed by atoms with Crippen LogP contribution in [0.2, 0.25) is 5.02 Å². The highest BCUT2D eigenvalue weighted by Gasteiger charge is 2.33. The number of benzene rings is 3. The molecule has 9 heteroatoms. The summed E-state index contributed by atoms with van der Waals surface area (Å²) >= 11 is 11.5. The molecule has 5 rings (SSSR count). The van der Waals surface area contributed by atoms with Gasteiger partial charge in [-0.25, -0.2) is 9.79 Å². The van der Waals surface area contributed by atoms with Crippen molar-refractivity contribution >= 4 is 50.9 Å². The van der Waals surface area contributed by atoms with Crippen molar-refractivity contribution in [2.45, 2.75) is 40.3 Å². The minimum atomic E-state index is -0.652. The van der Waals surface area contributed by atoms with Crippen LogP contribution in [0.1, 0.15) is 47.7 Å². The standard InChI is InChI=1S/C32H28BrClN2O4S/c1-5-39-31(38)27-20(4)35-32-36(28(27)23-12-8-19(3)9-13-23)30(37)26(41-32)16-22-14-24(33)29(25(34)15-22)40-17-21-10-6-18(2)7-11-21/h6-16,28H,5,17H2,1-4H3/b26-16+/t28-/m0/s1. The molecule has 0 spiro atoms. The lowest BCUT2D eigenvalue weighted by atomic mass is 9.95. The summed E-state index contributed by atoms with van der Waals surface area (Å²) in [6.45, 7) is 8.16. The SMILES string of the molecule is CCOC(=O)C1=C(C)N=c2s/c(=C/c3cc(Cl)c(OCc4ccc(C)cc4)c(Br)c3)c(=O)n2[C@H]1c1ccc(C)cc1. The molecule has 0 fully saturated rings. The quantitative estimate of drug-likeness (QED) is 0.217. The highest BCUT2D eigenvalue weighted by atomic mass is 79.9. The first-order valence-corrected chi connectivity index (χ1v) is 15.1. The summed E-state index contributed by atoms with van der Waals surface area (Å²) in [4.78, 5) is 32.1. The average molecular weight is 652 g/mol. The average Bonchev–Trinajstić information content (AvgIpc) is 3.23. The maximum Gasteiger partial charge on any atom is 0.338 e. The van der Waals surface area contributed by atoms with Crippen molar-refractivity contribution in [3.05, 3.63) is 129 Å². The smallest absolute Gasteiger partial charge is 0.338 e. The van der Waals surface area contributed by atoms with Crippen molar-refractivity contribution in [2.75, 3.05) is 6.61 Å². The zero-order valence-corrected chi connectivity index (χ0v) is 26.2. The number of carbonyl (C=O) groups is 1. The van der Waals surface area contributed by atoms with Crippen LogP contribution < -0.4 is 19.6 Å². The minimum Gasteiger partial charge on any atom is -0.486 e. The molecule has 0 radical (unpaired) electrons. The van der Waals surface area contributed by atoms with Crippen LogP contribution in [0.15, 0.2) is 86.2 Å². The molecule has 0 unspecified atom stereocenters. The number of ether oxygens (including phenoxy) is 2. The van der Waals surface area contributed by atoms with Crippen LogP contribution in [-0.2, 0) is 16.1 Å². The van der Waals surface area contributed by atoms with E-state index in [2.05, 4.69) is 20.9 Å². The van der Waals surface area contributed by atoms with Crippen molar-refractivity contribution in [2.24, 2.45) is 4.99 Å². The highest BCUT2D eigenvalue weighted by molar-refractivity contribution is 9.10. The molecule has 41 heavy (non-hydrogen) atoms. The first-order valence-electron chi connectivity index (χ1n) is 13.1. The number of aryl methyl sites for hydroxylation is 2. The van der Waals surface area contributed by atoms with E-state index in [-0.39, 0.29) is 12.2 Å². The van der Waals surface area contributed by atoms with Gasteiger partial charge in [-0.1, -0.05) is 82.6 Å². The Morgan fingerprint density at radius 3 is 2.37 bits per heavy atom. The molecule has 0 saturated heterocycles. The Morgan fingerprint density at radius 1 is 1.07 bits per heavy atom. The Balaban J connectivity index is 1.54. The van der Waals surface area contributed by atoms with E-state index < -0.39 is 12.0 Å². The summed E-state index contributed by atoms with van der Waals surface area (Å²) in [5.41, 5.74) is 5.46. The molecule has 1 aliphatic heterocycles. The van der Waals surface area contributed by atoms with Crippen molar-refractivity contribution in [3.8, 4) is 5.75 Å². The third kappa shape index (κ3) is 6.10. The Hall–Kier alpha value is -3.46. The van der Waals surface area contributed by atoms with Crippen LogP contribution in [0.3, 0.4) is 0 Å². The molecule has 0 amide bonds. The monoisotopic (exact) mass is 650 g/mol. The molecule has 1 aromatic heterocycles. The van der Waals surface area contributed by atoms with E-state index in [1.807, 2.05) is 68.4 Å². The van der Waals surface area contributed by atoms with E-state index in [0.717, 1.165) is 22.3 Å². The largest absolute Gasteiger partial charge is 0.486 e. The summed E-state index contributed by atoms with van der Waals surface area (Å²) in [5.74, 6) is 0.0467. The number of halogens is 2. The summed E-state index contributed by atoms with van der Waals surface area (Å²) in [7, 11) is 0. The fraction of sp³-hybridized carbons (Fsp3) is 0.219. The predicted octanol–water partition coefficient (Wildman–Crippen LogP) is 6.41. The number of esters is 1. The van der Waals surface area contributed by atoms with Gasteiger partial charge in [0.2, 0.25) is 0 Å². The molecule has 0 bridgehead atoms. The second-order valence-electron chi connectivity index (χ2n) is 9.80. The summed E-state index contributed by atoms with van der Waals surface area (Å²) in [6, 6.07) is 18.9. The van der Waals surface area contributed by atoms with Gasteiger partial charge in [-0.2, -0.15) is 0 Å². The van der Waals surface area contributed by atoms with E-state index in [1.54, 1.807) is 30.6 Å². The van der Waals surface area contributed by atoms with Gasteiger partial charge < -0.3 is 9.47 Å². The lowest BCUT2D eigenvalue weighted by molar-refractivity contribution is -0.139. The Labute approximate surface area is 255 Å². The number of fused-ring (bicyclic) bond motifs is 1. The van der Waals surface area contributed by atoms with Gasteiger partial charge in [0, 0.05) is 0 Å². The molecule has 1 atom stereocenters. The summed E-state index contributed by atoms with van der Waals surface area (Å²) in [5, 5.41) is 0.420. The molecule has 3 aromatic carbocycles. The number of nitrogens with zero attached hydrogens (tertiary/aromatic N) is 2. The molecule has 1 aliphatic rings. The van der Waals surface area contributed by atoms with Crippen molar-refractivity contribution < 1.29 is 14.3 Å². The van der Waals surface area contributed by atoms with Gasteiger partial charge in [0.25, 0.3) is 5.56 Å². The number of rotatable bonds is 7. The van der Waals surface area contributed by atoms with E-state index in [9.17, 15) is 9.59 Å². The molecule has 210 valence electrons. The van der Waals surface area contributed by atoms with Gasteiger partial charge in [-0.15, -0.1) is 0 Å². The minimum absolute atomic E-state index is 0.223. The number of carbonyl (C=O) groups excluding carboxylic acids is 1. The van der Waals surface area contributed by atoms with Gasteiger partial charge in [-0.3, -0.25) is 9.36 Å². The second kappa shape index (κ2) is 12.2. The fourth-order valence-electron chi connectivity index (χ4n) is 4.65. The van der Waals surface area contributed by atoms with E-state index in [4.69, 9.17) is 21.1 Å². The third-order valence-corrected chi connectivity index (χ3v) is 8.58. The first kappa shape index (κ1) is 29.0. The molecule has 4 aromatic rings. The van der Waals surface area contributed by atoms with Gasteiger partial charge in [0.05, 0.1) is 37.9 Å². The van der Waals surface area contributed by atoms with Gasteiger partial charge in [0.1, 0.15) is 6.61 Å². The Bertz CT molecular complexity index is 1820. The van der Waals surface area contributed by atoms with E-state index in [0.29, 0.717) is 42.5 Å². The van der Waals surface area contributed by atoms with Crippen LogP contribution in [0.25, 0.3) is 6.08 Å².